The number of carbonyl (C=O) groups is 2. The highest BCUT2D eigenvalue weighted by atomic mass is 19.1. The minimum absolute atomic E-state index is 0.209. The monoisotopic (exact) mass is 464 g/mol. The van der Waals surface area contributed by atoms with E-state index in [0.717, 1.165) is 5.71 Å². The van der Waals surface area contributed by atoms with Crippen LogP contribution in [0.2, 0.25) is 0 Å². The normalized spacial score (nSPS) is 18.9. The number of nitrogens with zero attached hydrogens (tertiary/aromatic N) is 3. The molecular formula is C24H25FN6O3. The Bertz CT molecular complexity index is 1190. The van der Waals surface area contributed by atoms with Gasteiger partial charge in [-0.15, -0.1) is 0 Å². The number of para-hydroxylation sites is 1. The SMILES string of the molecule is CN=C1C[C@H](OC(=O)Nc2ccccc2)CC[C@@H]1n1cc(C(N)=O)c(Nc2ccc(F)cc2)n1. The molecule has 0 saturated heterocycles. The Morgan fingerprint density at radius 2 is 1.85 bits per heavy atom. The lowest BCUT2D eigenvalue weighted by Gasteiger charge is -2.30. The first-order valence-electron chi connectivity index (χ1n) is 10.8. The maximum absolute atomic E-state index is 13.2. The number of halogens is 1. The minimum atomic E-state index is -0.638. The summed E-state index contributed by atoms with van der Waals surface area (Å²) in [5.74, 6) is -0.734. The Morgan fingerprint density at radius 3 is 2.53 bits per heavy atom. The van der Waals surface area contributed by atoms with Gasteiger partial charge in [-0.1, -0.05) is 18.2 Å². The van der Waals surface area contributed by atoms with Crippen LogP contribution in [0, 0.1) is 5.82 Å². The molecule has 10 heteroatoms. The number of benzene rings is 2. The van der Waals surface area contributed by atoms with Gasteiger partial charge in [0, 0.05) is 36.8 Å². The van der Waals surface area contributed by atoms with E-state index in [4.69, 9.17) is 10.5 Å². The molecule has 0 unspecified atom stereocenters. The van der Waals surface area contributed by atoms with Crippen molar-refractivity contribution in [2.45, 2.75) is 31.4 Å². The van der Waals surface area contributed by atoms with E-state index in [1.54, 1.807) is 42.2 Å². The van der Waals surface area contributed by atoms with Gasteiger partial charge in [0.15, 0.2) is 5.82 Å². The van der Waals surface area contributed by atoms with E-state index in [1.165, 1.54) is 12.1 Å². The number of primary amides is 1. The van der Waals surface area contributed by atoms with E-state index in [-0.39, 0.29) is 29.3 Å². The molecule has 1 aliphatic carbocycles. The number of ether oxygens (including phenoxy) is 1. The van der Waals surface area contributed by atoms with Crippen molar-refractivity contribution in [1.82, 2.24) is 9.78 Å². The molecule has 176 valence electrons. The highest BCUT2D eigenvalue weighted by molar-refractivity contribution is 5.98. The van der Waals surface area contributed by atoms with Crippen LogP contribution in [0.25, 0.3) is 0 Å². The van der Waals surface area contributed by atoms with Gasteiger partial charge in [-0.3, -0.25) is 19.8 Å². The summed E-state index contributed by atoms with van der Waals surface area (Å²) in [6, 6.07) is 14.6. The molecule has 3 aromatic rings. The quantitative estimate of drug-likeness (QED) is 0.502. The van der Waals surface area contributed by atoms with Gasteiger partial charge in [0.1, 0.15) is 17.5 Å². The molecule has 1 heterocycles. The number of carbonyl (C=O) groups excluding carboxylic acids is 2. The Morgan fingerprint density at radius 1 is 1.12 bits per heavy atom. The molecule has 9 nitrogen and oxygen atoms in total. The number of nitrogens with two attached hydrogens (primary N) is 1. The van der Waals surface area contributed by atoms with Crippen LogP contribution in [0.15, 0.2) is 65.8 Å². The Kier molecular flexibility index (Phi) is 6.86. The number of hydrogen-bond acceptors (Lipinski definition) is 6. The number of aromatic nitrogens is 2. The fourth-order valence-electron chi connectivity index (χ4n) is 3.92. The predicted octanol–water partition coefficient (Wildman–Crippen LogP) is 4.28. The standard InChI is InChI=1S/C24H25FN6O3/c1-27-20-13-18(34-24(33)29-16-5-3-2-4-6-16)11-12-21(20)31-14-19(22(26)32)23(30-31)28-17-9-7-15(25)8-10-17/h2-10,14,18,21H,11-13H2,1H3,(H2,26,32)(H,28,30)(H,29,33)/t18-,21+/m1/s1. The molecule has 0 bridgehead atoms. The van der Waals surface area contributed by atoms with Crippen molar-refractivity contribution >= 4 is 34.9 Å². The van der Waals surface area contributed by atoms with Crippen LogP contribution in [-0.2, 0) is 4.74 Å². The minimum Gasteiger partial charge on any atom is -0.446 e. The van der Waals surface area contributed by atoms with Gasteiger partial charge in [-0.05, 0) is 49.2 Å². The van der Waals surface area contributed by atoms with Crippen molar-refractivity contribution in [1.29, 1.82) is 0 Å². The largest absolute Gasteiger partial charge is 0.446 e. The van der Waals surface area contributed by atoms with Gasteiger partial charge in [0.2, 0.25) is 0 Å². The second kappa shape index (κ2) is 10.2. The molecule has 34 heavy (non-hydrogen) atoms. The molecule has 4 N–H and O–H groups in total. The van der Waals surface area contributed by atoms with E-state index in [2.05, 4.69) is 20.7 Å². The van der Waals surface area contributed by atoms with Crippen LogP contribution >= 0.6 is 0 Å². The molecule has 1 aromatic heterocycles. The molecular weight excluding hydrogens is 439 g/mol. The van der Waals surface area contributed by atoms with E-state index in [9.17, 15) is 14.0 Å². The molecule has 2 aromatic carbocycles. The maximum Gasteiger partial charge on any atom is 0.411 e. The Labute approximate surface area is 195 Å². The van der Waals surface area contributed by atoms with E-state index in [0.29, 0.717) is 30.6 Å². The van der Waals surface area contributed by atoms with E-state index in [1.807, 2.05) is 18.2 Å². The van der Waals surface area contributed by atoms with Gasteiger partial charge in [-0.2, -0.15) is 5.10 Å². The van der Waals surface area contributed by atoms with Crippen molar-refractivity contribution < 1.29 is 18.7 Å². The summed E-state index contributed by atoms with van der Waals surface area (Å²) in [6.07, 6.45) is 2.36. The van der Waals surface area contributed by atoms with Crippen LogP contribution in [-0.4, -0.2) is 40.6 Å². The van der Waals surface area contributed by atoms with Gasteiger partial charge in [-0.25, -0.2) is 9.18 Å². The average molecular weight is 465 g/mol. The van der Waals surface area contributed by atoms with E-state index < -0.39 is 12.0 Å². The molecule has 0 radical (unpaired) electrons. The van der Waals surface area contributed by atoms with Crippen LogP contribution in [0.1, 0.15) is 35.7 Å². The molecule has 4 rings (SSSR count). The number of amides is 2. The lowest BCUT2D eigenvalue weighted by Crippen LogP contribution is -2.34. The summed E-state index contributed by atoms with van der Waals surface area (Å²) in [6.45, 7) is 0. The smallest absolute Gasteiger partial charge is 0.411 e. The number of rotatable bonds is 6. The van der Waals surface area contributed by atoms with E-state index >= 15 is 0 Å². The van der Waals surface area contributed by atoms with Crippen LogP contribution < -0.4 is 16.4 Å². The summed E-state index contributed by atoms with van der Waals surface area (Å²) in [7, 11) is 1.67. The first-order valence-corrected chi connectivity index (χ1v) is 10.8. The molecule has 0 aliphatic heterocycles. The van der Waals surface area contributed by atoms with Crippen molar-refractivity contribution in [3.8, 4) is 0 Å². The van der Waals surface area contributed by atoms with Crippen LogP contribution in [0.4, 0.5) is 26.4 Å². The second-order valence-electron chi connectivity index (χ2n) is 7.90. The Hall–Kier alpha value is -4.21. The zero-order valence-corrected chi connectivity index (χ0v) is 18.6. The van der Waals surface area contributed by atoms with Gasteiger partial charge < -0.3 is 15.8 Å². The fourth-order valence-corrected chi connectivity index (χ4v) is 3.92. The van der Waals surface area contributed by atoms with Gasteiger partial charge in [0.25, 0.3) is 5.91 Å². The molecule has 0 spiro atoms. The molecule has 2 amide bonds. The van der Waals surface area contributed by atoms with Crippen LogP contribution in [0.5, 0.6) is 0 Å². The Balaban J connectivity index is 1.45. The zero-order chi connectivity index (χ0) is 24.1. The summed E-state index contributed by atoms with van der Waals surface area (Å²) < 4.78 is 20.4. The van der Waals surface area contributed by atoms with Crippen molar-refractivity contribution in [3.05, 3.63) is 72.2 Å². The first kappa shape index (κ1) is 23.0. The topological polar surface area (TPSA) is 124 Å². The summed E-state index contributed by atoms with van der Waals surface area (Å²) >= 11 is 0. The molecule has 2 atom stereocenters. The predicted molar refractivity (Wildman–Crippen MR) is 127 cm³/mol. The van der Waals surface area contributed by atoms with Crippen LogP contribution in [0.3, 0.4) is 0 Å². The first-order chi connectivity index (χ1) is 16.4. The number of hydrogen-bond donors (Lipinski definition) is 3. The van der Waals surface area contributed by atoms with Gasteiger partial charge in [0.05, 0.1) is 6.04 Å². The molecule has 1 aliphatic rings. The third-order valence-corrected chi connectivity index (χ3v) is 5.59. The summed E-state index contributed by atoms with van der Waals surface area (Å²) in [4.78, 5) is 28.7. The number of nitrogens with one attached hydrogen (secondary N) is 2. The maximum atomic E-state index is 13.2. The number of anilines is 3. The molecule has 1 fully saturated rings. The average Bonchev–Trinajstić information content (AvgIpc) is 3.25. The fraction of sp³-hybridized carbons (Fsp3) is 0.250. The highest BCUT2D eigenvalue weighted by Gasteiger charge is 2.31. The number of aliphatic imine (C=N–C) groups is 1. The lowest BCUT2D eigenvalue weighted by atomic mass is 9.91. The van der Waals surface area contributed by atoms with Gasteiger partial charge >= 0.3 is 6.09 Å². The van der Waals surface area contributed by atoms with Crippen molar-refractivity contribution in [2.75, 3.05) is 17.7 Å². The third kappa shape index (κ3) is 5.40. The summed E-state index contributed by atoms with van der Waals surface area (Å²) in [5.41, 5.74) is 7.78. The third-order valence-electron chi connectivity index (χ3n) is 5.59. The summed E-state index contributed by atoms with van der Waals surface area (Å²) in [5, 5.41) is 10.3. The zero-order valence-electron chi connectivity index (χ0n) is 18.6. The van der Waals surface area contributed by atoms with Crippen molar-refractivity contribution in [3.63, 3.8) is 0 Å². The second-order valence-corrected chi connectivity index (χ2v) is 7.90. The van der Waals surface area contributed by atoms with Crippen molar-refractivity contribution in [2.24, 2.45) is 10.7 Å². The lowest BCUT2D eigenvalue weighted by molar-refractivity contribution is 0.0986. The highest BCUT2D eigenvalue weighted by Crippen LogP contribution is 2.30. The molecule has 1 saturated carbocycles.